The molecule has 2 N–H and O–H groups in total. The Morgan fingerprint density at radius 3 is 2.59 bits per heavy atom. The molecule has 0 aromatic heterocycles. The zero-order chi connectivity index (χ0) is 12.6. The molecule has 0 spiro atoms. The van der Waals surface area contributed by atoms with Gasteiger partial charge >= 0.3 is 11.9 Å². The van der Waals surface area contributed by atoms with Crippen molar-refractivity contribution in [1.29, 1.82) is 0 Å². The second kappa shape index (κ2) is 4.05. The average Bonchev–Trinajstić information content (AvgIpc) is 2.37. The number of cyclic esters (lactones) is 2. The zero-order valence-corrected chi connectivity index (χ0v) is 9.69. The molecule has 17 heavy (non-hydrogen) atoms. The molecule has 0 radical (unpaired) electrons. The number of nitrogens with two attached hydrogens (primary N) is 1. The molecule has 0 aromatic rings. The van der Waals surface area contributed by atoms with E-state index >= 15 is 0 Å². The number of carbonyl (C=O) groups is 2. The van der Waals surface area contributed by atoms with Gasteiger partial charge in [0.15, 0.2) is 0 Å². The van der Waals surface area contributed by atoms with Crippen LogP contribution in [0.4, 0.5) is 0 Å². The summed E-state index contributed by atoms with van der Waals surface area (Å²) in [5, 5.41) is 0. The first-order valence-corrected chi connectivity index (χ1v) is 5.37. The maximum atomic E-state index is 11.7. The topological polar surface area (TPSA) is 69.4 Å². The van der Waals surface area contributed by atoms with E-state index in [0.717, 1.165) is 0 Å². The van der Waals surface area contributed by atoms with Crippen molar-refractivity contribution >= 4 is 11.9 Å². The van der Waals surface area contributed by atoms with Gasteiger partial charge in [0.25, 0.3) is 0 Å². The van der Waals surface area contributed by atoms with Crippen LogP contribution in [-0.2, 0) is 14.3 Å². The first-order valence-electron chi connectivity index (χ1n) is 5.37. The van der Waals surface area contributed by atoms with Crippen LogP contribution in [-0.4, -0.2) is 11.9 Å². The third-order valence-electron chi connectivity index (χ3n) is 2.69. The van der Waals surface area contributed by atoms with E-state index in [9.17, 15) is 9.59 Å². The van der Waals surface area contributed by atoms with Crippen molar-refractivity contribution in [3.63, 3.8) is 0 Å². The van der Waals surface area contributed by atoms with Crippen molar-refractivity contribution in [3.05, 3.63) is 46.7 Å². The molecular weight excluding hydrogens is 218 g/mol. The van der Waals surface area contributed by atoms with E-state index in [1.165, 1.54) is 0 Å². The van der Waals surface area contributed by atoms with Crippen LogP contribution in [0.15, 0.2) is 46.7 Å². The molecule has 0 bridgehead atoms. The molecule has 1 saturated heterocycles. The quantitative estimate of drug-likeness (QED) is 0.388. The number of ether oxygens (including phenoxy) is 1. The standard InChI is InChI=1S/C13H13NO3/c1-3-9-10-6-8(14)4-7(2)5-11(10)13(16)17-12(9)15/h3-7H,14H2,1-2H3/b9-3+. The Hall–Kier alpha value is -2.10. The van der Waals surface area contributed by atoms with E-state index < -0.39 is 11.9 Å². The SMILES string of the molecule is C/C=C1/C(=O)OC(=O)C2=CC(C)C=C(N)C=C21. The third kappa shape index (κ3) is 1.93. The first kappa shape index (κ1) is 11.4. The highest BCUT2D eigenvalue weighted by Gasteiger charge is 2.33. The second-order valence-electron chi connectivity index (χ2n) is 4.04. The molecular formula is C13H13NO3. The van der Waals surface area contributed by atoms with Gasteiger partial charge in [-0.2, -0.15) is 0 Å². The average molecular weight is 231 g/mol. The van der Waals surface area contributed by atoms with Crippen LogP contribution >= 0.6 is 0 Å². The monoisotopic (exact) mass is 231 g/mol. The minimum absolute atomic E-state index is 0.0256. The highest BCUT2D eigenvalue weighted by atomic mass is 16.6. The summed E-state index contributed by atoms with van der Waals surface area (Å²) < 4.78 is 4.68. The normalized spacial score (nSPS) is 26.6. The summed E-state index contributed by atoms with van der Waals surface area (Å²) in [6.45, 7) is 3.63. The van der Waals surface area contributed by atoms with Crippen molar-refractivity contribution in [2.75, 3.05) is 0 Å². The van der Waals surface area contributed by atoms with Crippen molar-refractivity contribution in [2.24, 2.45) is 11.7 Å². The maximum absolute atomic E-state index is 11.7. The van der Waals surface area contributed by atoms with Gasteiger partial charge in [-0.15, -0.1) is 0 Å². The number of allylic oxidation sites excluding steroid dienone is 4. The Labute approximate surface area is 99.1 Å². The van der Waals surface area contributed by atoms with Gasteiger partial charge < -0.3 is 10.5 Å². The number of esters is 2. The van der Waals surface area contributed by atoms with Crippen LogP contribution < -0.4 is 5.73 Å². The van der Waals surface area contributed by atoms with Crippen molar-refractivity contribution in [3.8, 4) is 0 Å². The fourth-order valence-corrected chi connectivity index (χ4v) is 1.98. The highest BCUT2D eigenvalue weighted by molar-refractivity contribution is 6.13. The lowest BCUT2D eigenvalue weighted by Gasteiger charge is -2.18. The van der Waals surface area contributed by atoms with E-state index in [1.54, 1.807) is 25.2 Å². The summed E-state index contributed by atoms with van der Waals surface area (Å²) in [5.74, 6) is -1.21. The molecule has 1 fully saturated rings. The summed E-state index contributed by atoms with van der Waals surface area (Å²) in [6, 6.07) is 0. The number of hydrogen-bond donors (Lipinski definition) is 1. The van der Waals surface area contributed by atoms with Crippen LogP contribution in [0.3, 0.4) is 0 Å². The van der Waals surface area contributed by atoms with Crippen molar-refractivity contribution < 1.29 is 14.3 Å². The number of hydrogen-bond acceptors (Lipinski definition) is 4. The summed E-state index contributed by atoms with van der Waals surface area (Å²) >= 11 is 0. The van der Waals surface area contributed by atoms with E-state index in [0.29, 0.717) is 22.4 Å². The molecule has 1 aliphatic carbocycles. The van der Waals surface area contributed by atoms with Crippen LogP contribution in [0.1, 0.15) is 13.8 Å². The zero-order valence-electron chi connectivity index (χ0n) is 9.69. The fourth-order valence-electron chi connectivity index (χ4n) is 1.98. The minimum atomic E-state index is -0.622. The smallest absolute Gasteiger partial charge is 0.346 e. The summed E-state index contributed by atoms with van der Waals surface area (Å²) in [6.07, 6.45) is 6.84. The lowest BCUT2D eigenvalue weighted by molar-refractivity contribution is -0.154. The van der Waals surface area contributed by atoms with E-state index in [4.69, 9.17) is 5.73 Å². The van der Waals surface area contributed by atoms with Gasteiger partial charge in [-0.05, 0) is 18.9 Å². The van der Waals surface area contributed by atoms with Crippen LogP contribution in [0.2, 0.25) is 0 Å². The van der Waals surface area contributed by atoms with Crippen LogP contribution in [0.25, 0.3) is 0 Å². The van der Waals surface area contributed by atoms with Gasteiger partial charge in [0.1, 0.15) is 0 Å². The predicted molar refractivity (Wildman–Crippen MR) is 62.5 cm³/mol. The van der Waals surface area contributed by atoms with Gasteiger partial charge in [-0.3, -0.25) is 0 Å². The number of rotatable bonds is 0. The predicted octanol–water partition coefficient (Wildman–Crippen LogP) is 1.36. The number of fused-ring (bicyclic) bond motifs is 1. The Kier molecular flexibility index (Phi) is 2.71. The molecule has 1 atom stereocenters. The van der Waals surface area contributed by atoms with Crippen LogP contribution in [0, 0.1) is 5.92 Å². The molecule has 4 heteroatoms. The Morgan fingerprint density at radius 1 is 1.24 bits per heavy atom. The Morgan fingerprint density at radius 2 is 1.94 bits per heavy atom. The van der Waals surface area contributed by atoms with Gasteiger partial charge in [0.05, 0.1) is 11.1 Å². The maximum Gasteiger partial charge on any atom is 0.346 e. The van der Waals surface area contributed by atoms with Crippen LogP contribution in [0.5, 0.6) is 0 Å². The van der Waals surface area contributed by atoms with E-state index in [2.05, 4.69) is 4.74 Å². The lowest BCUT2D eigenvalue weighted by atomic mass is 9.93. The van der Waals surface area contributed by atoms with Crippen molar-refractivity contribution in [1.82, 2.24) is 0 Å². The Bertz CT molecular complexity index is 521. The second-order valence-corrected chi connectivity index (χ2v) is 4.04. The Balaban J connectivity index is 2.62. The van der Waals surface area contributed by atoms with Gasteiger partial charge in [-0.25, -0.2) is 9.59 Å². The molecule has 0 saturated carbocycles. The minimum Gasteiger partial charge on any atom is -0.399 e. The molecule has 1 heterocycles. The summed E-state index contributed by atoms with van der Waals surface area (Å²) in [7, 11) is 0. The molecule has 2 rings (SSSR count). The summed E-state index contributed by atoms with van der Waals surface area (Å²) in [5.41, 5.74) is 7.67. The lowest BCUT2D eigenvalue weighted by Crippen LogP contribution is -2.25. The molecule has 1 aliphatic heterocycles. The van der Waals surface area contributed by atoms with Gasteiger partial charge in [0, 0.05) is 11.3 Å². The molecule has 0 aromatic carbocycles. The fraction of sp³-hybridized carbons (Fsp3) is 0.231. The molecule has 88 valence electrons. The third-order valence-corrected chi connectivity index (χ3v) is 2.69. The summed E-state index contributed by atoms with van der Waals surface area (Å²) in [4.78, 5) is 23.2. The highest BCUT2D eigenvalue weighted by Crippen LogP contribution is 2.31. The molecule has 2 aliphatic rings. The largest absolute Gasteiger partial charge is 0.399 e. The van der Waals surface area contributed by atoms with Gasteiger partial charge in [-0.1, -0.05) is 25.2 Å². The molecule has 1 unspecified atom stereocenters. The molecule has 4 nitrogen and oxygen atoms in total. The number of carbonyl (C=O) groups excluding carboxylic acids is 2. The first-order chi connectivity index (χ1) is 8.02. The van der Waals surface area contributed by atoms with E-state index in [-0.39, 0.29) is 5.92 Å². The van der Waals surface area contributed by atoms with Crippen molar-refractivity contribution in [2.45, 2.75) is 13.8 Å². The van der Waals surface area contributed by atoms with Gasteiger partial charge in [0.2, 0.25) is 0 Å². The molecule has 0 amide bonds. The van der Waals surface area contributed by atoms with E-state index in [1.807, 2.05) is 13.0 Å².